The molecule has 2 rings (SSSR count). The lowest BCUT2D eigenvalue weighted by Gasteiger charge is -2.15. The average molecular weight is 325 g/mol. The van der Waals surface area contributed by atoms with E-state index in [9.17, 15) is 8.42 Å². The van der Waals surface area contributed by atoms with Crippen LogP contribution < -0.4 is 0 Å². The van der Waals surface area contributed by atoms with Gasteiger partial charge in [-0.25, -0.2) is 8.42 Å². The average Bonchev–Trinajstić information content (AvgIpc) is 2.75. The first-order valence-corrected chi connectivity index (χ1v) is 7.58. The topological polar surface area (TPSA) is 37.4 Å². The van der Waals surface area contributed by atoms with Gasteiger partial charge in [0.05, 0.1) is 9.92 Å². The van der Waals surface area contributed by atoms with Gasteiger partial charge in [0.1, 0.15) is 0 Å². The predicted molar refractivity (Wildman–Crippen MR) is 67.1 cm³/mol. The smallest absolute Gasteiger partial charge is 0.207 e. The minimum absolute atomic E-state index is 0.297. The molecule has 3 nitrogen and oxygen atoms in total. The summed E-state index contributed by atoms with van der Waals surface area (Å²) in [6.07, 6.45) is 1.88. The van der Waals surface area contributed by atoms with Crippen molar-refractivity contribution in [2.75, 3.05) is 13.1 Å². The molecule has 1 saturated heterocycles. The van der Waals surface area contributed by atoms with Crippen LogP contribution in [-0.2, 0) is 10.0 Å². The highest BCUT2D eigenvalue weighted by molar-refractivity contribution is 9.10. The van der Waals surface area contributed by atoms with E-state index in [-0.39, 0.29) is 0 Å². The van der Waals surface area contributed by atoms with Crippen molar-refractivity contribution in [3.63, 3.8) is 0 Å². The summed E-state index contributed by atoms with van der Waals surface area (Å²) < 4.78 is 26.4. The molecule has 1 aromatic rings. The van der Waals surface area contributed by atoms with E-state index in [1.807, 2.05) is 0 Å². The fourth-order valence-electron chi connectivity index (χ4n) is 1.71. The third-order valence-corrected chi connectivity index (χ3v) is 5.70. The molecule has 1 aromatic carbocycles. The quantitative estimate of drug-likeness (QED) is 0.839. The molecule has 1 aliphatic heterocycles. The molecule has 0 atom stereocenters. The van der Waals surface area contributed by atoms with E-state index in [0.717, 1.165) is 12.8 Å². The normalized spacial score (nSPS) is 17.9. The Morgan fingerprint density at radius 2 is 1.88 bits per heavy atom. The largest absolute Gasteiger partial charge is 0.243 e. The molecule has 88 valence electrons. The number of hydrogen-bond donors (Lipinski definition) is 0. The van der Waals surface area contributed by atoms with Gasteiger partial charge in [-0.05, 0) is 47.0 Å². The highest BCUT2D eigenvalue weighted by Crippen LogP contribution is 2.28. The van der Waals surface area contributed by atoms with Gasteiger partial charge in [-0.1, -0.05) is 11.6 Å². The van der Waals surface area contributed by atoms with Crippen molar-refractivity contribution in [3.05, 3.63) is 27.7 Å². The number of benzene rings is 1. The summed E-state index contributed by atoms with van der Waals surface area (Å²) in [5, 5.41) is 0.514. The Balaban J connectivity index is 2.39. The van der Waals surface area contributed by atoms with Gasteiger partial charge in [0.15, 0.2) is 0 Å². The maximum Gasteiger partial charge on any atom is 0.243 e. The van der Waals surface area contributed by atoms with Crippen LogP contribution in [0, 0.1) is 0 Å². The number of halogens is 2. The number of nitrogens with zero attached hydrogens (tertiary/aromatic N) is 1. The maximum atomic E-state index is 12.2. The second kappa shape index (κ2) is 4.64. The monoisotopic (exact) mass is 323 g/mol. The van der Waals surface area contributed by atoms with Crippen LogP contribution in [-0.4, -0.2) is 25.8 Å². The van der Waals surface area contributed by atoms with Crippen molar-refractivity contribution in [2.45, 2.75) is 17.7 Å². The van der Waals surface area contributed by atoms with E-state index in [2.05, 4.69) is 15.9 Å². The van der Waals surface area contributed by atoms with E-state index in [4.69, 9.17) is 11.6 Å². The first-order valence-electron chi connectivity index (χ1n) is 4.97. The van der Waals surface area contributed by atoms with Crippen molar-refractivity contribution < 1.29 is 8.42 Å². The van der Waals surface area contributed by atoms with Crippen molar-refractivity contribution in [1.29, 1.82) is 0 Å². The van der Waals surface area contributed by atoms with Gasteiger partial charge in [-0.3, -0.25) is 0 Å². The minimum atomic E-state index is -3.33. The summed E-state index contributed by atoms with van der Waals surface area (Å²) in [6.45, 7) is 1.23. The molecular formula is C10H11BrClNO2S. The zero-order valence-electron chi connectivity index (χ0n) is 8.49. The van der Waals surface area contributed by atoms with Crippen LogP contribution in [0.4, 0.5) is 0 Å². The summed E-state index contributed by atoms with van der Waals surface area (Å²) >= 11 is 9.07. The Labute approximate surface area is 109 Å². The molecule has 0 spiro atoms. The molecular weight excluding hydrogens is 314 g/mol. The van der Waals surface area contributed by atoms with Gasteiger partial charge < -0.3 is 0 Å². The molecule has 6 heteroatoms. The summed E-state index contributed by atoms with van der Waals surface area (Å²) in [7, 11) is -3.33. The molecule has 0 aromatic heterocycles. The van der Waals surface area contributed by atoms with Crippen LogP contribution in [0.5, 0.6) is 0 Å². The second-order valence-electron chi connectivity index (χ2n) is 3.69. The van der Waals surface area contributed by atoms with Gasteiger partial charge in [-0.15, -0.1) is 0 Å². The molecule has 16 heavy (non-hydrogen) atoms. The molecule has 1 fully saturated rings. The third kappa shape index (κ3) is 2.27. The SMILES string of the molecule is O=S(=O)(c1ccc(Cl)c(Br)c1)N1CCCC1. The Morgan fingerprint density at radius 3 is 2.44 bits per heavy atom. The zero-order valence-corrected chi connectivity index (χ0v) is 11.6. The van der Waals surface area contributed by atoms with Crippen LogP contribution in [0.2, 0.25) is 5.02 Å². The van der Waals surface area contributed by atoms with Gasteiger partial charge in [0.25, 0.3) is 0 Å². The van der Waals surface area contributed by atoms with E-state index in [1.165, 1.54) is 4.31 Å². The molecule has 0 saturated carbocycles. The molecule has 0 N–H and O–H groups in total. The number of hydrogen-bond acceptors (Lipinski definition) is 2. The highest BCUT2D eigenvalue weighted by Gasteiger charge is 2.27. The fourth-order valence-corrected chi connectivity index (χ4v) is 3.91. The lowest BCUT2D eigenvalue weighted by Crippen LogP contribution is -2.27. The standard InChI is InChI=1S/C10H11BrClNO2S/c11-9-7-8(3-4-10(9)12)16(14,15)13-5-1-2-6-13/h3-4,7H,1-2,5-6H2. The van der Waals surface area contributed by atoms with E-state index < -0.39 is 10.0 Å². The van der Waals surface area contributed by atoms with E-state index >= 15 is 0 Å². The van der Waals surface area contributed by atoms with E-state index in [1.54, 1.807) is 18.2 Å². The van der Waals surface area contributed by atoms with Crippen molar-refractivity contribution >= 4 is 37.6 Å². The molecule has 0 aliphatic carbocycles. The van der Waals surface area contributed by atoms with Crippen LogP contribution in [0.3, 0.4) is 0 Å². The summed E-state index contributed by atoms with van der Waals surface area (Å²) in [6, 6.07) is 4.69. The molecule has 0 unspecified atom stereocenters. The summed E-state index contributed by atoms with van der Waals surface area (Å²) in [4.78, 5) is 0.297. The fraction of sp³-hybridized carbons (Fsp3) is 0.400. The number of rotatable bonds is 2. The van der Waals surface area contributed by atoms with Crippen molar-refractivity contribution in [2.24, 2.45) is 0 Å². The Bertz CT molecular complexity index is 498. The van der Waals surface area contributed by atoms with Crippen LogP contribution in [0.1, 0.15) is 12.8 Å². The molecule has 0 radical (unpaired) electrons. The Kier molecular flexibility index (Phi) is 3.59. The highest BCUT2D eigenvalue weighted by atomic mass is 79.9. The lowest BCUT2D eigenvalue weighted by atomic mass is 10.4. The number of sulfonamides is 1. The molecule has 0 bridgehead atoms. The Hall–Kier alpha value is -0.100. The minimum Gasteiger partial charge on any atom is -0.207 e. The Morgan fingerprint density at radius 1 is 1.25 bits per heavy atom. The second-order valence-corrected chi connectivity index (χ2v) is 6.89. The van der Waals surface area contributed by atoms with Gasteiger partial charge in [0, 0.05) is 17.6 Å². The van der Waals surface area contributed by atoms with Gasteiger partial charge in [0.2, 0.25) is 10.0 Å². The van der Waals surface area contributed by atoms with Crippen molar-refractivity contribution in [3.8, 4) is 0 Å². The van der Waals surface area contributed by atoms with Crippen LogP contribution >= 0.6 is 27.5 Å². The van der Waals surface area contributed by atoms with Crippen molar-refractivity contribution in [1.82, 2.24) is 4.31 Å². The molecule has 0 amide bonds. The van der Waals surface area contributed by atoms with Crippen LogP contribution in [0.25, 0.3) is 0 Å². The van der Waals surface area contributed by atoms with E-state index in [0.29, 0.717) is 27.5 Å². The predicted octanol–water partition coefficient (Wildman–Crippen LogP) is 2.89. The van der Waals surface area contributed by atoms with Gasteiger partial charge in [-0.2, -0.15) is 4.31 Å². The summed E-state index contributed by atoms with van der Waals surface area (Å²) in [5.74, 6) is 0. The first kappa shape index (κ1) is 12.4. The van der Waals surface area contributed by atoms with Crippen LogP contribution in [0.15, 0.2) is 27.6 Å². The lowest BCUT2D eigenvalue weighted by molar-refractivity contribution is 0.477. The zero-order chi connectivity index (χ0) is 11.8. The third-order valence-electron chi connectivity index (χ3n) is 2.59. The maximum absolute atomic E-state index is 12.2. The molecule has 1 aliphatic rings. The first-order chi connectivity index (χ1) is 7.51. The summed E-state index contributed by atoms with van der Waals surface area (Å²) in [5.41, 5.74) is 0. The van der Waals surface area contributed by atoms with Gasteiger partial charge >= 0.3 is 0 Å². The molecule has 1 heterocycles.